The molecular formula is C34H52O3. The zero-order valence-corrected chi connectivity index (χ0v) is 23.8. The molecule has 3 aliphatic carbocycles. The molecule has 6 atom stereocenters. The standard InChI is InChI=1S/C27H44O2.C7H8O/c1-18(2)8-6-9-19(3)24-13-14-25-21(10-7-15-27(24,25)5)11-12-22-16-23(28)17-26(29)20(22)4;8-6-7-4-2-1-3-5-7/h11-12,18-19,23-26,28-29H,4,6-10,13-17H2,1-3,5H3;1-5,8H,6H2/b21-11+,22-12-;/t19-,23-,24-,25+,26+,27-;/m1./s1. The van der Waals surface area contributed by atoms with Gasteiger partial charge in [-0.25, -0.2) is 0 Å². The highest BCUT2D eigenvalue weighted by Gasteiger charge is 2.50. The first-order valence-electron chi connectivity index (χ1n) is 14.7. The van der Waals surface area contributed by atoms with Gasteiger partial charge >= 0.3 is 0 Å². The fraction of sp³-hybridized carbons (Fsp3) is 0.647. The van der Waals surface area contributed by atoms with Crippen molar-refractivity contribution >= 4 is 0 Å². The Hall–Kier alpha value is -1.68. The van der Waals surface area contributed by atoms with Crippen molar-refractivity contribution in [1.82, 2.24) is 0 Å². The maximum Gasteiger partial charge on any atom is 0.0811 e. The molecule has 0 saturated heterocycles. The minimum Gasteiger partial charge on any atom is -0.393 e. The molecule has 0 aliphatic heterocycles. The first-order valence-corrected chi connectivity index (χ1v) is 14.7. The summed E-state index contributed by atoms with van der Waals surface area (Å²) in [6.07, 6.45) is 15.2. The molecule has 3 aliphatic rings. The quantitative estimate of drug-likeness (QED) is 0.352. The Morgan fingerprint density at radius 3 is 2.43 bits per heavy atom. The molecule has 0 aromatic heterocycles. The predicted molar refractivity (Wildman–Crippen MR) is 155 cm³/mol. The van der Waals surface area contributed by atoms with E-state index >= 15 is 0 Å². The maximum absolute atomic E-state index is 10.1. The van der Waals surface area contributed by atoms with Crippen LogP contribution in [-0.2, 0) is 6.61 Å². The van der Waals surface area contributed by atoms with Gasteiger partial charge in [-0.15, -0.1) is 0 Å². The molecule has 0 radical (unpaired) electrons. The van der Waals surface area contributed by atoms with Crippen LogP contribution in [0.4, 0.5) is 0 Å². The average molecular weight is 509 g/mol. The van der Waals surface area contributed by atoms with E-state index in [1.807, 2.05) is 30.3 Å². The minimum absolute atomic E-state index is 0.140. The lowest BCUT2D eigenvalue weighted by Gasteiger charge is -2.44. The van der Waals surface area contributed by atoms with Gasteiger partial charge in [0.2, 0.25) is 0 Å². The number of hydrogen-bond donors (Lipinski definition) is 3. The van der Waals surface area contributed by atoms with Crippen molar-refractivity contribution in [1.29, 1.82) is 0 Å². The van der Waals surface area contributed by atoms with Crippen LogP contribution in [0.25, 0.3) is 0 Å². The largest absolute Gasteiger partial charge is 0.393 e. The van der Waals surface area contributed by atoms with Crippen LogP contribution in [0.3, 0.4) is 0 Å². The van der Waals surface area contributed by atoms with Crippen LogP contribution < -0.4 is 0 Å². The second-order valence-electron chi connectivity index (χ2n) is 12.6. The number of benzene rings is 1. The zero-order valence-electron chi connectivity index (χ0n) is 23.8. The number of hydrogen-bond acceptors (Lipinski definition) is 3. The van der Waals surface area contributed by atoms with Gasteiger partial charge in [-0.1, -0.05) is 102 Å². The summed E-state index contributed by atoms with van der Waals surface area (Å²) in [5, 5.41) is 28.7. The van der Waals surface area contributed by atoms with Crippen LogP contribution in [0, 0.1) is 29.1 Å². The van der Waals surface area contributed by atoms with E-state index in [2.05, 4.69) is 46.4 Å². The van der Waals surface area contributed by atoms with E-state index < -0.39 is 12.2 Å². The second kappa shape index (κ2) is 13.9. The second-order valence-corrected chi connectivity index (χ2v) is 12.6. The van der Waals surface area contributed by atoms with Crippen molar-refractivity contribution in [3.05, 3.63) is 71.3 Å². The van der Waals surface area contributed by atoms with Gasteiger partial charge in [-0.05, 0) is 84.3 Å². The lowest BCUT2D eigenvalue weighted by molar-refractivity contribution is 0.0861. The van der Waals surface area contributed by atoms with E-state index in [1.54, 1.807) is 5.57 Å². The van der Waals surface area contributed by atoms with Gasteiger partial charge in [0.05, 0.1) is 18.8 Å². The molecular weight excluding hydrogens is 456 g/mol. The van der Waals surface area contributed by atoms with E-state index in [4.69, 9.17) is 5.11 Å². The van der Waals surface area contributed by atoms with Crippen LogP contribution in [0.2, 0.25) is 0 Å². The first-order chi connectivity index (χ1) is 17.7. The van der Waals surface area contributed by atoms with E-state index in [0.717, 1.165) is 34.5 Å². The highest BCUT2D eigenvalue weighted by atomic mass is 16.3. The highest BCUT2D eigenvalue weighted by Crippen LogP contribution is 2.60. The molecule has 3 heteroatoms. The van der Waals surface area contributed by atoms with Crippen molar-refractivity contribution in [2.24, 2.45) is 29.1 Å². The van der Waals surface area contributed by atoms with Crippen molar-refractivity contribution < 1.29 is 15.3 Å². The molecule has 0 unspecified atom stereocenters. The topological polar surface area (TPSA) is 60.7 Å². The van der Waals surface area contributed by atoms with Gasteiger partial charge in [-0.2, -0.15) is 0 Å². The van der Waals surface area contributed by atoms with Crippen LogP contribution in [0.1, 0.15) is 97.5 Å². The third-order valence-corrected chi connectivity index (χ3v) is 9.46. The summed E-state index contributed by atoms with van der Waals surface area (Å²) in [4.78, 5) is 0. The molecule has 37 heavy (non-hydrogen) atoms. The summed E-state index contributed by atoms with van der Waals surface area (Å²) in [6.45, 7) is 14.0. The summed E-state index contributed by atoms with van der Waals surface area (Å²) >= 11 is 0. The van der Waals surface area contributed by atoms with Gasteiger partial charge < -0.3 is 15.3 Å². The Labute approximate surface area is 226 Å². The Balaban J connectivity index is 0.000000405. The number of allylic oxidation sites excluding steroid dienone is 3. The molecule has 0 bridgehead atoms. The van der Waals surface area contributed by atoms with Crippen LogP contribution >= 0.6 is 0 Å². The van der Waals surface area contributed by atoms with Gasteiger partial charge in [-0.3, -0.25) is 0 Å². The average Bonchev–Trinajstić information content (AvgIpc) is 3.23. The molecule has 3 fully saturated rings. The van der Waals surface area contributed by atoms with Crippen LogP contribution in [0.15, 0.2) is 65.8 Å². The fourth-order valence-electron chi connectivity index (χ4n) is 7.31. The van der Waals surface area contributed by atoms with Crippen molar-refractivity contribution in [2.45, 2.75) is 111 Å². The van der Waals surface area contributed by atoms with Crippen LogP contribution in [-0.4, -0.2) is 27.5 Å². The lowest BCUT2D eigenvalue weighted by Crippen LogP contribution is -2.36. The maximum atomic E-state index is 10.1. The Bertz CT molecular complexity index is 914. The Morgan fingerprint density at radius 1 is 1.05 bits per heavy atom. The summed E-state index contributed by atoms with van der Waals surface area (Å²) in [5.41, 5.74) is 4.85. The molecule has 3 saturated carbocycles. The summed E-state index contributed by atoms with van der Waals surface area (Å²) in [7, 11) is 0. The zero-order chi connectivity index (χ0) is 27.0. The molecule has 1 aromatic carbocycles. The summed E-state index contributed by atoms with van der Waals surface area (Å²) in [5.74, 6) is 3.20. The molecule has 0 amide bonds. The lowest BCUT2D eigenvalue weighted by atomic mass is 9.60. The number of aliphatic hydroxyl groups is 3. The molecule has 3 nitrogen and oxygen atoms in total. The number of rotatable bonds is 7. The monoisotopic (exact) mass is 508 g/mol. The number of aliphatic hydroxyl groups excluding tert-OH is 3. The van der Waals surface area contributed by atoms with Crippen LogP contribution in [0.5, 0.6) is 0 Å². The predicted octanol–water partition coefficient (Wildman–Crippen LogP) is 7.77. The molecule has 4 rings (SSSR count). The summed E-state index contributed by atoms with van der Waals surface area (Å²) < 4.78 is 0. The Kier molecular flexibility index (Phi) is 11.2. The smallest absolute Gasteiger partial charge is 0.0811 e. The van der Waals surface area contributed by atoms with Gasteiger partial charge in [0.1, 0.15) is 0 Å². The van der Waals surface area contributed by atoms with Gasteiger partial charge in [0.15, 0.2) is 0 Å². The molecule has 0 spiro atoms. The van der Waals surface area contributed by atoms with Crippen molar-refractivity contribution in [3.63, 3.8) is 0 Å². The van der Waals surface area contributed by atoms with Crippen molar-refractivity contribution in [2.75, 3.05) is 0 Å². The minimum atomic E-state index is -0.595. The van der Waals surface area contributed by atoms with Gasteiger partial charge in [0.25, 0.3) is 0 Å². The number of fused-ring (bicyclic) bond motifs is 1. The third-order valence-electron chi connectivity index (χ3n) is 9.46. The fourth-order valence-corrected chi connectivity index (χ4v) is 7.31. The first kappa shape index (κ1) is 29.9. The highest BCUT2D eigenvalue weighted by molar-refractivity contribution is 5.38. The van der Waals surface area contributed by atoms with Gasteiger partial charge in [0, 0.05) is 6.42 Å². The SMILES string of the molecule is C=C1/C(=C\C=C2/CCC[C@]3(C)[C@@H]([C@H](C)CCCC(C)C)CC[C@@H]23)C[C@@H](O)C[C@@H]1O.OCc1ccccc1. The molecule has 3 N–H and O–H groups in total. The Morgan fingerprint density at radius 2 is 1.78 bits per heavy atom. The normalized spacial score (nSPS) is 32.8. The molecule has 206 valence electrons. The third kappa shape index (κ3) is 7.91. The van der Waals surface area contributed by atoms with Crippen molar-refractivity contribution in [3.8, 4) is 0 Å². The van der Waals surface area contributed by atoms with E-state index in [0.29, 0.717) is 24.2 Å². The molecule has 0 heterocycles. The van der Waals surface area contributed by atoms with E-state index in [9.17, 15) is 10.2 Å². The van der Waals surface area contributed by atoms with E-state index in [-0.39, 0.29) is 6.61 Å². The van der Waals surface area contributed by atoms with E-state index in [1.165, 1.54) is 51.4 Å². The summed E-state index contributed by atoms with van der Waals surface area (Å²) in [6, 6.07) is 9.52. The molecule has 1 aromatic rings.